The zero-order valence-electron chi connectivity index (χ0n) is 19.6. The minimum atomic E-state index is 0.182. The molecule has 3 rings (SSSR count). The Morgan fingerprint density at radius 2 is 1.84 bits per heavy atom. The summed E-state index contributed by atoms with van der Waals surface area (Å²) in [6, 6.07) is 14.6. The minimum absolute atomic E-state index is 0.182. The smallest absolute Gasteiger partial charge is 0.224 e. The van der Waals surface area contributed by atoms with Crippen LogP contribution in [-0.2, 0) is 4.79 Å². The van der Waals surface area contributed by atoms with Crippen molar-refractivity contribution in [3.05, 3.63) is 59.8 Å². The number of carbonyl (C=O) groups is 1. The molecule has 2 heterocycles. The van der Waals surface area contributed by atoms with Gasteiger partial charge in [-0.25, -0.2) is 4.98 Å². The van der Waals surface area contributed by atoms with E-state index in [9.17, 15) is 4.79 Å². The van der Waals surface area contributed by atoms with Crippen LogP contribution in [0, 0.1) is 6.92 Å². The monoisotopic (exact) mass is 436 g/mol. The fourth-order valence-electron chi connectivity index (χ4n) is 3.74. The van der Waals surface area contributed by atoms with Crippen LogP contribution in [0.3, 0.4) is 0 Å². The van der Waals surface area contributed by atoms with Gasteiger partial charge in [-0.2, -0.15) is 0 Å². The Morgan fingerprint density at radius 1 is 1.09 bits per heavy atom. The second kappa shape index (κ2) is 12.1. The Hall–Kier alpha value is -3.09. The molecule has 1 aliphatic heterocycles. The molecule has 0 aliphatic carbocycles. The third kappa shape index (κ3) is 6.97. The van der Waals surface area contributed by atoms with Gasteiger partial charge in [0, 0.05) is 64.3 Å². The number of aromatic nitrogens is 1. The molecule has 32 heavy (non-hydrogen) atoms. The highest BCUT2D eigenvalue weighted by Gasteiger charge is 2.21. The van der Waals surface area contributed by atoms with Gasteiger partial charge in [0.05, 0.1) is 0 Å². The summed E-state index contributed by atoms with van der Waals surface area (Å²) in [7, 11) is 0. The maximum absolute atomic E-state index is 12.7. The van der Waals surface area contributed by atoms with Crippen LogP contribution < -0.4 is 15.5 Å². The Labute approximate surface area is 191 Å². The summed E-state index contributed by atoms with van der Waals surface area (Å²) in [6.45, 7) is 11.5. The van der Waals surface area contributed by atoms with Crippen LogP contribution >= 0.6 is 0 Å². The van der Waals surface area contributed by atoms with Crippen LogP contribution in [-0.4, -0.2) is 67.6 Å². The van der Waals surface area contributed by atoms with Gasteiger partial charge in [0.25, 0.3) is 0 Å². The van der Waals surface area contributed by atoms with Crippen molar-refractivity contribution in [1.82, 2.24) is 20.5 Å². The van der Waals surface area contributed by atoms with Crippen molar-refractivity contribution >= 4 is 17.7 Å². The second-order valence-electron chi connectivity index (χ2n) is 8.26. The number of nitrogens with one attached hydrogen (secondary N) is 2. The molecule has 7 nitrogen and oxygen atoms in total. The molecule has 1 atom stereocenters. The van der Waals surface area contributed by atoms with Crippen LogP contribution in [0.4, 0.5) is 5.82 Å². The molecule has 1 unspecified atom stereocenters. The fraction of sp³-hybridized carbons (Fsp3) is 0.480. The number of pyridine rings is 1. The molecule has 1 aromatic heterocycles. The molecule has 7 heteroatoms. The lowest BCUT2D eigenvalue weighted by Crippen LogP contribution is -2.49. The summed E-state index contributed by atoms with van der Waals surface area (Å²) < 4.78 is 0. The maximum Gasteiger partial charge on any atom is 0.224 e. The molecule has 2 aromatic rings. The highest BCUT2D eigenvalue weighted by atomic mass is 16.2. The SMILES string of the molecule is CCNC(=NCC(C)c1ccc(C)cc1)NCCC(=O)N1CCN(c2ccccn2)CC1. The number of amides is 1. The number of carbonyl (C=O) groups excluding carboxylic acids is 1. The van der Waals surface area contributed by atoms with E-state index in [4.69, 9.17) is 4.99 Å². The lowest BCUT2D eigenvalue weighted by Gasteiger charge is -2.35. The third-order valence-electron chi connectivity index (χ3n) is 5.75. The van der Waals surface area contributed by atoms with Crippen molar-refractivity contribution in [1.29, 1.82) is 0 Å². The molecular weight excluding hydrogens is 400 g/mol. The zero-order valence-corrected chi connectivity index (χ0v) is 19.6. The van der Waals surface area contributed by atoms with Gasteiger partial charge < -0.3 is 20.4 Å². The van der Waals surface area contributed by atoms with E-state index in [1.54, 1.807) is 0 Å². The van der Waals surface area contributed by atoms with E-state index in [1.165, 1.54) is 11.1 Å². The summed E-state index contributed by atoms with van der Waals surface area (Å²) >= 11 is 0. The topological polar surface area (TPSA) is 72.9 Å². The minimum Gasteiger partial charge on any atom is -0.357 e. The van der Waals surface area contributed by atoms with E-state index in [2.05, 4.69) is 58.6 Å². The van der Waals surface area contributed by atoms with Gasteiger partial charge in [-0.15, -0.1) is 0 Å². The second-order valence-corrected chi connectivity index (χ2v) is 8.26. The Balaban J connectivity index is 1.42. The van der Waals surface area contributed by atoms with Crippen LogP contribution in [0.5, 0.6) is 0 Å². The number of piperazine rings is 1. The van der Waals surface area contributed by atoms with E-state index < -0.39 is 0 Å². The number of nitrogens with zero attached hydrogens (tertiary/aromatic N) is 4. The van der Waals surface area contributed by atoms with Crippen LogP contribution in [0.15, 0.2) is 53.7 Å². The summed E-state index contributed by atoms with van der Waals surface area (Å²) in [6.07, 6.45) is 2.27. The van der Waals surface area contributed by atoms with E-state index in [1.807, 2.05) is 36.2 Å². The van der Waals surface area contributed by atoms with Gasteiger partial charge in [-0.1, -0.05) is 42.8 Å². The van der Waals surface area contributed by atoms with Gasteiger partial charge in [0.1, 0.15) is 5.82 Å². The highest BCUT2D eigenvalue weighted by molar-refractivity contribution is 5.81. The van der Waals surface area contributed by atoms with Gasteiger partial charge in [-0.3, -0.25) is 9.79 Å². The number of hydrogen-bond acceptors (Lipinski definition) is 4. The molecule has 0 spiro atoms. The molecule has 1 saturated heterocycles. The molecule has 1 fully saturated rings. The first-order valence-electron chi connectivity index (χ1n) is 11.6. The Kier molecular flexibility index (Phi) is 8.90. The molecule has 1 aliphatic rings. The van der Waals surface area contributed by atoms with Crippen molar-refractivity contribution in [2.45, 2.75) is 33.1 Å². The molecule has 2 N–H and O–H groups in total. The molecule has 1 aromatic carbocycles. The highest BCUT2D eigenvalue weighted by Crippen LogP contribution is 2.16. The predicted octanol–water partition coefficient (Wildman–Crippen LogP) is 2.79. The first kappa shape index (κ1) is 23.6. The normalized spacial score (nSPS) is 15.4. The number of aryl methyl sites for hydroxylation is 1. The summed E-state index contributed by atoms with van der Waals surface area (Å²) in [5.74, 6) is 2.26. The van der Waals surface area contributed by atoms with Crippen LogP contribution in [0.25, 0.3) is 0 Å². The maximum atomic E-state index is 12.7. The van der Waals surface area contributed by atoms with Gasteiger partial charge >= 0.3 is 0 Å². The average Bonchev–Trinajstić information content (AvgIpc) is 2.83. The first-order chi connectivity index (χ1) is 15.6. The van der Waals surface area contributed by atoms with Crippen molar-refractivity contribution in [2.24, 2.45) is 4.99 Å². The lowest BCUT2D eigenvalue weighted by atomic mass is 10.0. The summed E-state index contributed by atoms with van der Waals surface area (Å²) in [5.41, 5.74) is 2.55. The van der Waals surface area contributed by atoms with E-state index in [0.717, 1.165) is 44.5 Å². The van der Waals surface area contributed by atoms with Crippen LogP contribution in [0.1, 0.15) is 37.3 Å². The Bertz CT molecular complexity index is 860. The number of benzene rings is 1. The third-order valence-corrected chi connectivity index (χ3v) is 5.75. The van der Waals surface area contributed by atoms with E-state index in [-0.39, 0.29) is 5.91 Å². The number of hydrogen-bond donors (Lipinski definition) is 2. The Morgan fingerprint density at radius 3 is 2.50 bits per heavy atom. The van der Waals surface area contributed by atoms with Gasteiger partial charge in [-0.05, 0) is 31.5 Å². The number of aliphatic imine (C=N–C) groups is 1. The fourth-order valence-corrected chi connectivity index (χ4v) is 3.74. The zero-order chi connectivity index (χ0) is 22.8. The number of anilines is 1. The van der Waals surface area contributed by atoms with Crippen molar-refractivity contribution < 1.29 is 4.79 Å². The van der Waals surface area contributed by atoms with Crippen molar-refractivity contribution in [3.63, 3.8) is 0 Å². The molecule has 1 amide bonds. The number of guanidine groups is 1. The first-order valence-corrected chi connectivity index (χ1v) is 11.6. The average molecular weight is 437 g/mol. The lowest BCUT2D eigenvalue weighted by molar-refractivity contribution is -0.131. The van der Waals surface area contributed by atoms with Crippen molar-refractivity contribution in [3.8, 4) is 0 Å². The molecule has 0 bridgehead atoms. The van der Waals surface area contributed by atoms with Gasteiger partial charge in [0.2, 0.25) is 5.91 Å². The quantitative estimate of drug-likeness (QED) is 0.492. The molecule has 0 radical (unpaired) electrons. The van der Waals surface area contributed by atoms with E-state index >= 15 is 0 Å². The number of rotatable bonds is 8. The molecule has 0 saturated carbocycles. The van der Waals surface area contributed by atoms with Gasteiger partial charge in [0.15, 0.2) is 5.96 Å². The van der Waals surface area contributed by atoms with E-state index in [0.29, 0.717) is 25.4 Å². The van der Waals surface area contributed by atoms with Crippen molar-refractivity contribution in [2.75, 3.05) is 50.7 Å². The largest absolute Gasteiger partial charge is 0.357 e. The van der Waals surface area contributed by atoms with Crippen LogP contribution in [0.2, 0.25) is 0 Å². The standard InChI is InChI=1S/C25H36N6O/c1-4-26-25(29-19-21(3)22-10-8-20(2)9-11-22)28-14-12-24(32)31-17-15-30(16-18-31)23-7-5-6-13-27-23/h5-11,13,21H,4,12,14-19H2,1-3H3,(H2,26,28,29). The summed E-state index contributed by atoms with van der Waals surface area (Å²) in [4.78, 5) is 26.0. The predicted molar refractivity (Wildman–Crippen MR) is 131 cm³/mol. The molecular formula is C25H36N6O. The molecule has 172 valence electrons. The summed E-state index contributed by atoms with van der Waals surface area (Å²) in [5, 5.41) is 6.59.